The fourth-order valence-electron chi connectivity index (χ4n) is 1.70. The molecular weight excluding hydrogens is 234 g/mol. The third-order valence-corrected chi connectivity index (χ3v) is 3.78. The predicted octanol–water partition coefficient (Wildman–Crippen LogP) is 1.78. The van der Waals surface area contributed by atoms with E-state index in [4.69, 9.17) is 5.73 Å². The molecule has 2 N–H and O–H groups in total. The third-order valence-electron chi connectivity index (χ3n) is 2.86. The Morgan fingerprint density at radius 1 is 1.65 bits per heavy atom. The molecule has 1 atom stereocenters. The second-order valence-electron chi connectivity index (χ2n) is 4.39. The molecule has 0 spiro atoms. The minimum atomic E-state index is 0.0526. The van der Waals surface area contributed by atoms with E-state index < -0.39 is 0 Å². The molecule has 0 aliphatic rings. The maximum atomic E-state index is 12.1. The van der Waals surface area contributed by atoms with Gasteiger partial charge in [0.25, 0.3) is 0 Å². The van der Waals surface area contributed by atoms with Gasteiger partial charge in [-0.2, -0.15) is 0 Å². The van der Waals surface area contributed by atoms with Gasteiger partial charge in [0.2, 0.25) is 5.91 Å². The minimum Gasteiger partial charge on any atom is -0.340 e. The molecule has 0 radical (unpaired) electrons. The molecule has 1 rings (SSSR count). The molecule has 1 amide bonds. The van der Waals surface area contributed by atoms with Crippen molar-refractivity contribution in [3.8, 4) is 0 Å². The van der Waals surface area contributed by atoms with Gasteiger partial charge < -0.3 is 10.6 Å². The zero-order valence-electron chi connectivity index (χ0n) is 10.8. The Balaban J connectivity index is 2.49. The van der Waals surface area contributed by atoms with Gasteiger partial charge in [-0.05, 0) is 26.3 Å². The fraction of sp³-hybridized carbons (Fsp3) is 0.667. The third kappa shape index (κ3) is 4.09. The van der Waals surface area contributed by atoms with Crippen LogP contribution < -0.4 is 5.73 Å². The lowest BCUT2D eigenvalue weighted by Crippen LogP contribution is -2.31. The highest BCUT2D eigenvalue weighted by atomic mass is 32.1. The number of carbonyl (C=O) groups is 1. The van der Waals surface area contributed by atoms with Gasteiger partial charge in [-0.3, -0.25) is 4.79 Å². The van der Waals surface area contributed by atoms with Crippen LogP contribution in [0.25, 0.3) is 0 Å². The summed E-state index contributed by atoms with van der Waals surface area (Å²) in [6.07, 6.45) is 1.77. The van der Waals surface area contributed by atoms with Gasteiger partial charge in [-0.25, -0.2) is 4.98 Å². The first kappa shape index (κ1) is 14.1. The molecule has 96 valence electrons. The van der Waals surface area contributed by atoms with Gasteiger partial charge in [0.1, 0.15) is 0 Å². The van der Waals surface area contributed by atoms with Crippen LogP contribution >= 0.6 is 11.3 Å². The summed E-state index contributed by atoms with van der Waals surface area (Å²) >= 11 is 1.60. The number of aryl methyl sites for hydroxylation is 1. The number of thiazole rings is 1. The fourth-order valence-corrected chi connectivity index (χ4v) is 2.52. The zero-order chi connectivity index (χ0) is 12.8. The number of hydrogen-bond donors (Lipinski definition) is 1. The molecule has 0 aliphatic carbocycles. The van der Waals surface area contributed by atoms with Crippen LogP contribution in [0.15, 0.2) is 5.51 Å². The highest BCUT2D eigenvalue weighted by Crippen LogP contribution is 2.16. The van der Waals surface area contributed by atoms with Crippen molar-refractivity contribution in [3.05, 3.63) is 16.1 Å². The Labute approximate surface area is 107 Å². The summed E-state index contributed by atoms with van der Waals surface area (Å²) in [5.41, 5.74) is 8.29. The van der Waals surface area contributed by atoms with E-state index in [2.05, 4.69) is 4.98 Å². The minimum absolute atomic E-state index is 0.0526. The molecule has 0 saturated heterocycles. The van der Waals surface area contributed by atoms with Crippen molar-refractivity contribution in [1.82, 2.24) is 9.88 Å². The van der Waals surface area contributed by atoms with E-state index in [-0.39, 0.29) is 11.8 Å². The molecule has 1 unspecified atom stereocenters. The van der Waals surface area contributed by atoms with Crippen molar-refractivity contribution in [2.75, 3.05) is 13.6 Å². The maximum absolute atomic E-state index is 12.1. The Morgan fingerprint density at radius 2 is 2.35 bits per heavy atom. The number of nitrogens with two attached hydrogens (primary N) is 1. The molecule has 0 aromatic carbocycles. The smallest absolute Gasteiger partial charge is 0.225 e. The molecule has 5 heteroatoms. The van der Waals surface area contributed by atoms with E-state index in [0.29, 0.717) is 13.1 Å². The number of rotatable bonds is 6. The normalized spacial score (nSPS) is 12.5. The Bertz CT molecular complexity index is 364. The number of aromatic nitrogens is 1. The molecule has 1 aromatic heterocycles. The molecular formula is C12H21N3OS. The molecule has 0 fully saturated rings. The number of hydrogen-bond acceptors (Lipinski definition) is 4. The molecule has 4 nitrogen and oxygen atoms in total. The number of nitrogens with zero attached hydrogens (tertiary/aromatic N) is 2. The van der Waals surface area contributed by atoms with Gasteiger partial charge in [0, 0.05) is 17.8 Å². The van der Waals surface area contributed by atoms with Crippen LogP contribution in [0.2, 0.25) is 0 Å². The van der Waals surface area contributed by atoms with Crippen LogP contribution in [0.1, 0.15) is 30.3 Å². The summed E-state index contributed by atoms with van der Waals surface area (Å²) in [7, 11) is 1.85. The lowest BCUT2D eigenvalue weighted by molar-refractivity contribution is -0.134. The van der Waals surface area contributed by atoms with Crippen molar-refractivity contribution in [2.45, 2.75) is 33.2 Å². The molecule has 0 aliphatic heterocycles. The average molecular weight is 255 g/mol. The first-order valence-corrected chi connectivity index (χ1v) is 6.78. The van der Waals surface area contributed by atoms with Crippen LogP contribution in [-0.4, -0.2) is 29.4 Å². The predicted molar refractivity (Wildman–Crippen MR) is 70.8 cm³/mol. The van der Waals surface area contributed by atoms with E-state index >= 15 is 0 Å². The lowest BCUT2D eigenvalue weighted by atomic mass is 10.0. The summed E-state index contributed by atoms with van der Waals surface area (Å²) in [6.45, 7) is 5.24. The first-order chi connectivity index (χ1) is 8.06. The first-order valence-electron chi connectivity index (χ1n) is 5.90. The van der Waals surface area contributed by atoms with Crippen LogP contribution in [0.4, 0.5) is 0 Å². The van der Waals surface area contributed by atoms with Crippen LogP contribution in [0.3, 0.4) is 0 Å². The standard InChI is InChI=1S/C12H21N3OS/c1-9(5-4-6-13)12(16)15(3)7-11-10(2)14-8-17-11/h8-9H,4-7,13H2,1-3H3. The SMILES string of the molecule is Cc1ncsc1CN(C)C(=O)C(C)CCCN. The van der Waals surface area contributed by atoms with E-state index in [1.54, 1.807) is 16.2 Å². The largest absolute Gasteiger partial charge is 0.340 e. The molecule has 0 saturated carbocycles. The summed E-state index contributed by atoms with van der Waals surface area (Å²) < 4.78 is 0. The molecule has 17 heavy (non-hydrogen) atoms. The van der Waals surface area contributed by atoms with Crippen LogP contribution in [-0.2, 0) is 11.3 Å². The van der Waals surface area contributed by atoms with Crippen LogP contribution in [0.5, 0.6) is 0 Å². The second-order valence-corrected chi connectivity index (χ2v) is 5.33. The molecule has 1 heterocycles. The zero-order valence-corrected chi connectivity index (χ0v) is 11.6. The van der Waals surface area contributed by atoms with Gasteiger partial charge >= 0.3 is 0 Å². The van der Waals surface area contributed by atoms with Crippen molar-refractivity contribution >= 4 is 17.2 Å². The van der Waals surface area contributed by atoms with Crippen LogP contribution in [0, 0.1) is 12.8 Å². The van der Waals surface area contributed by atoms with E-state index in [1.165, 1.54) is 0 Å². The van der Waals surface area contributed by atoms with E-state index in [1.807, 2.05) is 26.4 Å². The Hall–Kier alpha value is -0.940. The lowest BCUT2D eigenvalue weighted by Gasteiger charge is -2.20. The molecule has 0 bridgehead atoms. The number of carbonyl (C=O) groups excluding carboxylic acids is 1. The molecule has 1 aromatic rings. The van der Waals surface area contributed by atoms with E-state index in [9.17, 15) is 4.79 Å². The monoisotopic (exact) mass is 255 g/mol. The summed E-state index contributed by atoms with van der Waals surface area (Å²) in [4.78, 5) is 19.2. The van der Waals surface area contributed by atoms with Gasteiger partial charge in [0.15, 0.2) is 0 Å². The second kappa shape index (κ2) is 6.71. The Kier molecular flexibility index (Phi) is 5.58. The van der Waals surface area contributed by atoms with Gasteiger partial charge in [-0.1, -0.05) is 6.92 Å². The Morgan fingerprint density at radius 3 is 2.88 bits per heavy atom. The van der Waals surface area contributed by atoms with Crippen molar-refractivity contribution in [3.63, 3.8) is 0 Å². The van der Waals surface area contributed by atoms with Crippen molar-refractivity contribution in [2.24, 2.45) is 11.7 Å². The highest BCUT2D eigenvalue weighted by molar-refractivity contribution is 7.09. The van der Waals surface area contributed by atoms with Gasteiger partial charge in [0.05, 0.1) is 17.7 Å². The van der Waals surface area contributed by atoms with Gasteiger partial charge in [-0.15, -0.1) is 11.3 Å². The van der Waals surface area contributed by atoms with Crippen molar-refractivity contribution < 1.29 is 4.79 Å². The topological polar surface area (TPSA) is 59.2 Å². The number of amides is 1. The summed E-state index contributed by atoms with van der Waals surface area (Å²) in [6, 6.07) is 0. The van der Waals surface area contributed by atoms with E-state index in [0.717, 1.165) is 23.4 Å². The summed E-state index contributed by atoms with van der Waals surface area (Å²) in [5, 5.41) is 0. The highest BCUT2D eigenvalue weighted by Gasteiger charge is 2.18. The summed E-state index contributed by atoms with van der Waals surface area (Å²) in [5.74, 6) is 0.239. The van der Waals surface area contributed by atoms with Crippen molar-refractivity contribution in [1.29, 1.82) is 0 Å². The average Bonchev–Trinajstić information content (AvgIpc) is 2.70. The maximum Gasteiger partial charge on any atom is 0.225 e. The quantitative estimate of drug-likeness (QED) is 0.843.